The second kappa shape index (κ2) is 8.45. The molecule has 0 bridgehead atoms. The van der Waals surface area contributed by atoms with Crippen molar-refractivity contribution in [1.29, 1.82) is 0 Å². The maximum Gasteiger partial charge on any atom is 0.0932 e. The molecule has 0 saturated heterocycles. The summed E-state index contributed by atoms with van der Waals surface area (Å²) >= 11 is 1.82. The zero-order valence-corrected chi connectivity index (χ0v) is 18.6. The number of nitrogens with one attached hydrogen (secondary N) is 1. The minimum Gasteiger partial charge on any atom is -0.317 e. The Balaban J connectivity index is 1.70. The van der Waals surface area contributed by atoms with Crippen LogP contribution in [0.25, 0.3) is 11.3 Å². The first-order chi connectivity index (χ1) is 12.8. The number of rotatable bonds is 8. The highest BCUT2D eigenvalue weighted by Gasteiger charge is 2.37. The highest BCUT2D eigenvalue weighted by molar-refractivity contribution is 7.09. The van der Waals surface area contributed by atoms with Crippen LogP contribution in [0.1, 0.15) is 82.9 Å². The SMILES string of the molecule is CCCNCCCCc1nc(-c2ccc3c(c2)C(C)(C)CCC3(C)C)cs1. The van der Waals surface area contributed by atoms with Gasteiger partial charge in [-0.1, -0.05) is 46.8 Å². The van der Waals surface area contributed by atoms with Crippen molar-refractivity contribution in [3.05, 3.63) is 39.7 Å². The summed E-state index contributed by atoms with van der Waals surface area (Å²) in [7, 11) is 0. The van der Waals surface area contributed by atoms with Crippen LogP contribution in [-0.4, -0.2) is 18.1 Å². The van der Waals surface area contributed by atoms with Gasteiger partial charge in [-0.2, -0.15) is 0 Å². The highest BCUT2D eigenvalue weighted by Crippen LogP contribution is 2.46. The van der Waals surface area contributed by atoms with Gasteiger partial charge < -0.3 is 5.32 Å². The van der Waals surface area contributed by atoms with Crippen molar-refractivity contribution in [2.24, 2.45) is 0 Å². The van der Waals surface area contributed by atoms with Gasteiger partial charge in [0.2, 0.25) is 0 Å². The van der Waals surface area contributed by atoms with Crippen molar-refractivity contribution < 1.29 is 0 Å². The molecule has 2 nitrogen and oxygen atoms in total. The molecule has 27 heavy (non-hydrogen) atoms. The van der Waals surface area contributed by atoms with Gasteiger partial charge in [0, 0.05) is 10.9 Å². The lowest BCUT2D eigenvalue weighted by Crippen LogP contribution is -2.33. The molecule has 2 aromatic rings. The third-order valence-corrected chi connectivity index (χ3v) is 7.03. The number of unbranched alkanes of at least 4 members (excludes halogenated alkanes) is 1. The molecular formula is C24H36N2S. The molecule has 0 radical (unpaired) electrons. The second-order valence-corrected chi connectivity index (χ2v) is 10.3. The molecule has 1 aromatic heterocycles. The Bertz CT molecular complexity index is 757. The Hall–Kier alpha value is -1.19. The zero-order valence-electron chi connectivity index (χ0n) is 17.8. The van der Waals surface area contributed by atoms with Gasteiger partial charge >= 0.3 is 0 Å². The molecule has 0 fully saturated rings. The summed E-state index contributed by atoms with van der Waals surface area (Å²) in [5, 5.41) is 7.00. The lowest BCUT2D eigenvalue weighted by atomic mass is 9.63. The lowest BCUT2D eigenvalue weighted by molar-refractivity contribution is 0.332. The van der Waals surface area contributed by atoms with Crippen molar-refractivity contribution >= 4 is 11.3 Å². The van der Waals surface area contributed by atoms with E-state index in [1.165, 1.54) is 53.8 Å². The fourth-order valence-electron chi connectivity index (χ4n) is 4.13. The minimum absolute atomic E-state index is 0.255. The minimum atomic E-state index is 0.255. The van der Waals surface area contributed by atoms with Crippen molar-refractivity contribution in [3.8, 4) is 11.3 Å². The smallest absolute Gasteiger partial charge is 0.0932 e. The quantitative estimate of drug-likeness (QED) is 0.527. The maximum absolute atomic E-state index is 4.95. The Morgan fingerprint density at radius 3 is 2.48 bits per heavy atom. The molecule has 0 saturated carbocycles. The van der Waals surface area contributed by atoms with Crippen LogP contribution < -0.4 is 5.32 Å². The summed E-state index contributed by atoms with van der Waals surface area (Å²) in [5.74, 6) is 0. The molecule has 3 heteroatoms. The fraction of sp³-hybridized carbons (Fsp3) is 0.625. The van der Waals surface area contributed by atoms with E-state index in [4.69, 9.17) is 4.98 Å². The molecule has 0 amide bonds. The molecule has 0 aliphatic heterocycles. The lowest BCUT2D eigenvalue weighted by Gasteiger charge is -2.42. The first-order valence-corrected chi connectivity index (χ1v) is 11.5. The molecular weight excluding hydrogens is 348 g/mol. The summed E-state index contributed by atoms with van der Waals surface area (Å²) in [5.41, 5.74) is 6.02. The zero-order chi connectivity index (χ0) is 19.5. The van der Waals surface area contributed by atoms with Crippen LogP contribution in [0.15, 0.2) is 23.6 Å². The third kappa shape index (κ3) is 4.81. The second-order valence-electron chi connectivity index (χ2n) is 9.36. The van der Waals surface area contributed by atoms with Crippen molar-refractivity contribution in [3.63, 3.8) is 0 Å². The van der Waals surface area contributed by atoms with Gasteiger partial charge in [0.15, 0.2) is 0 Å². The summed E-state index contributed by atoms with van der Waals surface area (Å²) in [6.07, 6.45) is 7.28. The van der Waals surface area contributed by atoms with Gasteiger partial charge in [0.25, 0.3) is 0 Å². The molecule has 148 valence electrons. The van der Waals surface area contributed by atoms with E-state index >= 15 is 0 Å². The molecule has 1 aliphatic rings. The van der Waals surface area contributed by atoms with Gasteiger partial charge in [-0.25, -0.2) is 4.98 Å². The van der Waals surface area contributed by atoms with Crippen LogP contribution in [0.4, 0.5) is 0 Å². The van der Waals surface area contributed by atoms with Crippen LogP contribution in [-0.2, 0) is 17.3 Å². The van der Waals surface area contributed by atoms with Crippen molar-refractivity contribution in [2.45, 2.75) is 84.0 Å². The molecule has 1 aromatic carbocycles. The van der Waals surface area contributed by atoms with Crippen LogP contribution in [0.2, 0.25) is 0 Å². The van der Waals surface area contributed by atoms with Crippen LogP contribution >= 0.6 is 11.3 Å². The Labute approximate surface area is 169 Å². The molecule has 0 atom stereocenters. The molecule has 1 N–H and O–H groups in total. The normalized spacial score (nSPS) is 17.7. The largest absolute Gasteiger partial charge is 0.317 e. The molecule has 0 spiro atoms. The van der Waals surface area contributed by atoms with Crippen molar-refractivity contribution in [2.75, 3.05) is 13.1 Å². The van der Waals surface area contributed by atoms with E-state index < -0.39 is 0 Å². The van der Waals surface area contributed by atoms with E-state index in [0.29, 0.717) is 0 Å². The standard InChI is InChI=1S/C24H36N2S/c1-6-14-25-15-8-7-9-22-26-21(17-27-22)18-10-11-19-20(16-18)24(4,5)13-12-23(19,2)3/h10-11,16-17,25H,6-9,12-15H2,1-5H3. The average Bonchev–Trinajstić information content (AvgIpc) is 3.11. The number of nitrogens with zero attached hydrogens (tertiary/aromatic N) is 1. The van der Waals surface area contributed by atoms with Gasteiger partial charge in [-0.05, 0) is 79.6 Å². The van der Waals surface area contributed by atoms with Crippen LogP contribution in [0.3, 0.4) is 0 Å². The Morgan fingerprint density at radius 2 is 1.74 bits per heavy atom. The first kappa shape index (κ1) is 20.5. The topological polar surface area (TPSA) is 24.9 Å². The van der Waals surface area contributed by atoms with E-state index in [2.05, 4.69) is 63.5 Å². The average molecular weight is 385 g/mol. The first-order valence-electron chi connectivity index (χ1n) is 10.6. The van der Waals surface area contributed by atoms with Crippen LogP contribution in [0.5, 0.6) is 0 Å². The summed E-state index contributed by atoms with van der Waals surface area (Å²) in [6, 6.07) is 7.07. The van der Waals surface area contributed by atoms with Crippen molar-refractivity contribution in [1.82, 2.24) is 10.3 Å². The van der Waals surface area contributed by atoms with E-state index in [0.717, 1.165) is 25.2 Å². The highest BCUT2D eigenvalue weighted by atomic mass is 32.1. The monoisotopic (exact) mass is 384 g/mol. The molecule has 3 rings (SSSR count). The number of aromatic nitrogens is 1. The van der Waals surface area contributed by atoms with Gasteiger partial charge in [-0.3, -0.25) is 0 Å². The number of aryl methyl sites for hydroxylation is 1. The summed E-state index contributed by atoms with van der Waals surface area (Å²) in [4.78, 5) is 4.95. The predicted molar refractivity (Wildman–Crippen MR) is 119 cm³/mol. The predicted octanol–water partition coefficient (Wildman–Crippen LogP) is 6.48. The van der Waals surface area contributed by atoms with Gasteiger partial charge in [-0.15, -0.1) is 11.3 Å². The Morgan fingerprint density at radius 1 is 1.00 bits per heavy atom. The van der Waals surface area contributed by atoms with Gasteiger partial charge in [0.05, 0.1) is 10.7 Å². The van der Waals surface area contributed by atoms with Gasteiger partial charge in [0.1, 0.15) is 0 Å². The number of fused-ring (bicyclic) bond motifs is 1. The van der Waals surface area contributed by atoms with E-state index in [1.54, 1.807) is 0 Å². The van der Waals surface area contributed by atoms with Crippen LogP contribution in [0, 0.1) is 0 Å². The number of hydrogen-bond donors (Lipinski definition) is 1. The number of thiazole rings is 1. The summed E-state index contributed by atoms with van der Waals surface area (Å²) in [6.45, 7) is 14.0. The number of benzene rings is 1. The molecule has 1 heterocycles. The van der Waals surface area contributed by atoms with E-state index in [-0.39, 0.29) is 10.8 Å². The number of hydrogen-bond acceptors (Lipinski definition) is 3. The van der Waals surface area contributed by atoms with E-state index in [1.807, 2.05) is 11.3 Å². The fourth-order valence-corrected chi connectivity index (χ4v) is 4.98. The summed E-state index contributed by atoms with van der Waals surface area (Å²) < 4.78 is 0. The molecule has 0 unspecified atom stereocenters. The Kier molecular flexibility index (Phi) is 6.43. The third-order valence-electron chi connectivity index (χ3n) is 6.12. The maximum atomic E-state index is 4.95. The van der Waals surface area contributed by atoms with E-state index in [9.17, 15) is 0 Å². The molecule has 1 aliphatic carbocycles.